The lowest BCUT2D eigenvalue weighted by Crippen LogP contribution is -2.33. The Morgan fingerprint density at radius 2 is 2.22 bits per heavy atom. The average Bonchev–Trinajstić information content (AvgIpc) is 2.38. The highest BCUT2D eigenvalue weighted by Crippen LogP contribution is 2.29. The summed E-state index contributed by atoms with van der Waals surface area (Å²) >= 11 is 4.87. The number of hydrogen-bond acceptors (Lipinski definition) is 4. The van der Waals surface area contributed by atoms with E-state index >= 15 is 0 Å². The summed E-state index contributed by atoms with van der Waals surface area (Å²) in [5.74, 6) is 0. The van der Waals surface area contributed by atoms with Gasteiger partial charge in [0, 0.05) is 19.8 Å². The average molecular weight is 265 g/mol. The van der Waals surface area contributed by atoms with E-state index in [1.807, 2.05) is 12.1 Å². The Hall–Kier alpha value is -1.20. The van der Waals surface area contributed by atoms with Gasteiger partial charge in [0.25, 0.3) is 0 Å². The van der Waals surface area contributed by atoms with Crippen LogP contribution >= 0.6 is 12.2 Å². The number of nitrogens with two attached hydrogens (primary N) is 1. The van der Waals surface area contributed by atoms with Crippen molar-refractivity contribution in [1.82, 2.24) is 4.98 Å². The van der Waals surface area contributed by atoms with Crippen LogP contribution in [0.3, 0.4) is 0 Å². The van der Waals surface area contributed by atoms with Crippen LogP contribution in [-0.2, 0) is 4.74 Å². The molecule has 5 heteroatoms. The molecule has 1 fully saturated rings. The van der Waals surface area contributed by atoms with Crippen molar-refractivity contribution in [2.45, 2.75) is 19.8 Å². The first-order chi connectivity index (χ1) is 8.59. The van der Waals surface area contributed by atoms with Gasteiger partial charge < -0.3 is 15.8 Å². The van der Waals surface area contributed by atoms with Crippen LogP contribution in [0.4, 0.5) is 5.69 Å². The Morgan fingerprint density at radius 3 is 2.78 bits per heavy atom. The maximum Gasteiger partial charge on any atom is 0.122 e. The molecule has 0 saturated carbocycles. The van der Waals surface area contributed by atoms with Crippen LogP contribution in [0.2, 0.25) is 0 Å². The van der Waals surface area contributed by atoms with Gasteiger partial charge in [-0.15, -0.1) is 0 Å². The lowest BCUT2D eigenvalue weighted by atomic mass is 9.82. The number of hydrogen-bond donors (Lipinski definition) is 2. The SMILES string of the molecule is CC1(CNc2ccc(C(N)=S)nc2)CCOCC1. The van der Waals surface area contributed by atoms with Crippen molar-refractivity contribution in [3.8, 4) is 0 Å². The standard InChI is InChI=1S/C13H19N3OS/c1-13(4-6-17-7-5-13)9-16-10-2-3-11(12(14)18)15-8-10/h2-3,8,16H,4-7,9H2,1H3,(H2,14,18). The Morgan fingerprint density at radius 1 is 1.50 bits per heavy atom. The number of rotatable bonds is 4. The summed E-state index contributed by atoms with van der Waals surface area (Å²) in [6, 6.07) is 3.81. The first kappa shape index (κ1) is 13.2. The fourth-order valence-electron chi connectivity index (χ4n) is 2.00. The molecule has 3 N–H and O–H groups in total. The smallest absolute Gasteiger partial charge is 0.122 e. The van der Waals surface area contributed by atoms with Gasteiger partial charge in [0.1, 0.15) is 4.99 Å². The van der Waals surface area contributed by atoms with E-state index < -0.39 is 0 Å². The highest BCUT2D eigenvalue weighted by atomic mass is 32.1. The summed E-state index contributed by atoms with van der Waals surface area (Å²) in [5, 5.41) is 3.42. The highest BCUT2D eigenvalue weighted by Gasteiger charge is 2.26. The summed E-state index contributed by atoms with van der Waals surface area (Å²) in [5.41, 5.74) is 7.48. The number of thiocarbonyl (C=S) groups is 1. The molecular weight excluding hydrogens is 246 g/mol. The normalized spacial score (nSPS) is 18.3. The van der Waals surface area contributed by atoms with Crippen LogP contribution in [0.1, 0.15) is 25.5 Å². The summed E-state index contributed by atoms with van der Waals surface area (Å²) in [7, 11) is 0. The van der Waals surface area contributed by atoms with Gasteiger partial charge in [0.15, 0.2) is 0 Å². The molecule has 0 unspecified atom stereocenters. The summed E-state index contributed by atoms with van der Waals surface area (Å²) in [6.45, 7) is 4.94. The Bertz CT molecular complexity index is 413. The summed E-state index contributed by atoms with van der Waals surface area (Å²) < 4.78 is 5.39. The van der Waals surface area contributed by atoms with Crippen molar-refractivity contribution in [2.24, 2.45) is 11.1 Å². The zero-order chi connectivity index (χ0) is 13.0. The van der Waals surface area contributed by atoms with Gasteiger partial charge in [-0.25, -0.2) is 0 Å². The fraction of sp³-hybridized carbons (Fsp3) is 0.538. The number of nitrogens with zero attached hydrogens (tertiary/aromatic N) is 1. The highest BCUT2D eigenvalue weighted by molar-refractivity contribution is 7.80. The van der Waals surface area contributed by atoms with Crippen molar-refractivity contribution >= 4 is 22.9 Å². The third-order valence-corrected chi connectivity index (χ3v) is 3.64. The molecule has 0 aliphatic carbocycles. The van der Waals surface area contributed by atoms with Gasteiger partial charge >= 0.3 is 0 Å². The van der Waals surface area contributed by atoms with E-state index in [2.05, 4.69) is 17.2 Å². The van der Waals surface area contributed by atoms with Crippen LogP contribution in [0, 0.1) is 5.41 Å². The number of aromatic nitrogens is 1. The quantitative estimate of drug-likeness (QED) is 0.815. The molecule has 4 nitrogen and oxygen atoms in total. The first-order valence-electron chi connectivity index (χ1n) is 6.17. The molecular formula is C13H19N3OS. The van der Waals surface area contributed by atoms with Crippen molar-refractivity contribution < 1.29 is 4.74 Å². The molecule has 0 aromatic carbocycles. The molecule has 1 aromatic heterocycles. The monoisotopic (exact) mass is 265 g/mol. The fourth-order valence-corrected chi connectivity index (χ4v) is 2.12. The summed E-state index contributed by atoms with van der Waals surface area (Å²) in [4.78, 5) is 4.54. The minimum Gasteiger partial charge on any atom is -0.388 e. The number of nitrogens with one attached hydrogen (secondary N) is 1. The van der Waals surface area contributed by atoms with E-state index in [4.69, 9.17) is 22.7 Å². The maximum absolute atomic E-state index is 5.51. The second-order valence-electron chi connectivity index (χ2n) is 5.07. The van der Waals surface area contributed by atoms with Crippen LogP contribution < -0.4 is 11.1 Å². The van der Waals surface area contributed by atoms with Crippen molar-refractivity contribution in [1.29, 1.82) is 0 Å². The molecule has 1 aliphatic rings. The molecule has 0 bridgehead atoms. The van der Waals surface area contributed by atoms with Gasteiger partial charge in [0.2, 0.25) is 0 Å². The van der Waals surface area contributed by atoms with E-state index in [1.165, 1.54) is 0 Å². The van der Waals surface area contributed by atoms with Crippen molar-refractivity contribution in [3.63, 3.8) is 0 Å². The first-order valence-corrected chi connectivity index (χ1v) is 6.57. The van der Waals surface area contributed by atoms with E-state index in [0.29, 0.717) is 16.1 Å². The van der Waals surface area contributed by atoms with E-state index in [0.717, 1.165) is 38.3 Å². The maximum atomic E-state index is 5.51. The number of anilines is 1. The van der Waals surface area contributed by atoms with E-state index in [-0.39, 0.29) is 0 Å². The predicted octanol–water partition coefficient (Wildman–Crippen LogP) is 1.94. The Kier molecular flexibility index (Phi) is 4.14. The van der Waals surface area contributed by atoms with Gasteiger partial charge in [-0.2, -0.15) is 0 Å². The molecule has 2 rings (SSSR count). The van der Waals surface area contributed by atoms with E-state index in [1.54, 1.807) is 6.20 Å². The second kappa shape index (κ2) is 5.63. The lowest BCUT2D eigenvalue weighted by molar-refractivity contribution is 0.0300. The third kappa shape index (κ3) is 3.40. The van der Waals surface area contributed by atoms with Crippen molar-refractivity contribution in [3.05, 3.63) is 24.0 Å². The van der Waals surface area contributed by atoms with Gasteiger partial charge in [0.05, 0.1) is 17.6 Å². The molecule has 0 atom stereocenters. The number of pyridine rings is 1. The Labute approximate surface area is 113 Å². The van der Waals surface area contributed by atoms with Crippen molar-refractivity contribution in [2.75, 3.05) is 25.1 Å². The van der Waals surface area contributed by atoms with Crippen LogP contribution in [0.25, 0.3) is 0 Å². The molecule has 2 heterocycles. The molecule has 0 radical (unpaired) electrons. The van der Waals surface area contributed by atoms with Crippen LogP contribution in [0.15, 0.2) is 18.3 Å². The molecule has 98 valence electrons. The summed E-state index contributed by atoms with van der Waals surface area (Å²) in [6.07, 6.45) is 3.97. The minimum atomic E-state index is 0.306. The van der Waals surface area contributed by atoms with Gasteiger partial charge in [-0.05, 0) is 30.4 Å². The molecule has 18 heavy (non-hydrogen) atoms. The largest absolute Gasteiger partial charge is 0.388 e. The zero-order valence-corrected chi connectivity index (χ0v) is 11.4. The Balaban J connectivity index is 1.91. The third-order valence-electron chi connectivity index (χ3n) is 3.44. The molecule has 1 aliphatic heterocycles. The zero-order valence-electron chi connectivity index (χ0n) is 10.6. The van der Waals surface area contributed by atoms with E-state index in [9.17, 15) is 0 Å². The topological polar surface area (TPSA) is 60.2 Å². The minimum absolute atomic E-state index is 0.306. The van der Waals surface area contributed by atoms with Gasteiger partial charge in [-0.1, -0.05) is 19.1 Å². The molecule has 0 amide bonds. The lowest BCUT2D eigenvalue weighted by Gasteiger charge is -2.33. The predicted molar refractivity (Wildman–Crippen MR) is 76.8 cm³/mol. The van der Waals surface area contributed by atoms with Crippen LogP contribution in [0.5, 0.6) is 0 Å². The number of ether oxygens (including phenoxy) is 1. The molecule has 0 spiro atoms. The second-order valence-corrected chi connectivity index (χ2v) is 5.51. The molecule has 1 saturated heterocycles. The molecule has 1 aromatic rings. The van der Waals surface area contributed by atoms with Crippen LogP contribution in [-0.4, -0.2) is 29.7 Å². The van der Waals surface area contributed by atoms with Gasteiger partial charge in [-0.3, -0.25) is 4.98 Å².